The molecule has 3 rings (SSSR count). The number of amides is 1. The standard InChI is InChI=1S/C21H21N3O4/c1-14(20(26)23(2)15-9-5-4-6-10-15)28-19(25)13-18-16-11-7-8-12-17(16)21(27)24(3)22-18/h4-12,14H,13H2,1-3H3/t14-/m0/s1. The number of ether oxygens (including phenoxy) is 1. The summed E-state index contributed by atoms with van der Waals surface area (Å²) in [5, 5.41) is 5.27. The topological polar surface area (TPSA) is 81.5 Å². The van der Waals surface area contributed by atoms with Gasteiger partial charge in [0.1, 0.15) is 0 Å². The summed E-state index contributed by atoms with van der Waals surface area (Å²) >= 11 is 0. The molecule has 1 aromatic heterocycles. The molecule has 0 radical (unpaired) electrons. The first-order valence-electron chi connectivity index (χ1n) is 8.85. The van der Waals surface area contributed by atoms with E-state index in [4.69, 9.17) is 4.74 Å². The molecular formula is C21H21N3O4. The molecule has 0 N–H and O–H groups in total. The number of aryl methyl sites for hydroxylation is 1. The van der Waals surface area contributed by atoms with Crippen molar-refractivity contribution in [3.8, 4) is 0 Å². The Balaban J connectivity index is 1.74. The monoisotopic (exact) mass is 379 g/mol. The molecule has 0 aliphatic carbocycles. The lowest BCUT2D eigenvalue weighted by atomic mass is 10.1. The first-order valence-corrected chi connectivity index (χ1v) is 8.85. The summed E-state index contributed by atoms with van der Waals surface area (Å²) in [5.74, 6) is -0.920. The van der Waals surface area contributed by atoms with Gasteiger partial charge in [-0.15, -0.1) is 0 Å². The molecule has 2 aromatic carbocycles. The lowest BCUT2D eigenvalue weighted by Gasteiger charge is -2.21. The lowest BCUT2D eigenvalue weighted by Crippen LogP contribution is -2.37. The quantitative estimate of drug-likeness (QED) is 0.634. The number of likely N-dealkylation sites (N-methyl/N-ethyl adjacent to an activating group) is 1. The van der Waals surface area contributed by atoms with Crippen LogP contribution in [0.25, 0.3) is 10.8 Å². The van der Waals surface area contributed by atoms with Crippen molar-refractivity contribution < 1.29 is 14.3 Å². The zero-order valence-electron chi connectivity index (χ0n) is 16.0. The average molecular weight is 379 g/mol. The van der Waals surface area contributed by atoms with Crippen LogP contribution in [0.2, 0.25) is 0 Å². The first-order chi connectivity index (χ1) is 13.4. The maximum Gasteiger partial charge on any atom is 0.312 e. The van der Waals surface area contributed by atoms with Crippen molar-refractivity contribution in [2.24, 2.45) is 7.05 Å². The average Bonchev–Trinajstić information content (AvgIpc) is 2.71. The molecule has 0 spiro atoms. The van der Waals surface area contributed by atoms with E-state index in [0.29, 0.717) is 22.2 Å². The van der Waals surface area contributed by atoms with Crippen molar-refractivity contribution in [1.29, 1.82) is 0 Å². The summed E-state index contributed by atoms with van der Waals surface area (Å²) < 4.78 is 6.52. The van der Waals surface area contributed by atoms with Gasteiger partial charge in [0.05, 0.1) is 17.5 Å². The molecule has 28 heavy (non-hydrogen) atoms. The smallest absolute Gasteiger partial charge is 0.312 e. The van der Waals surface area contributed by atoms with E-state index < -0.39 is 12.1 Å². The zero-order chi connectivity index (χ0) is 20.3. The maximum absolute atomic E-state index is 12.5. The summed E-state index contributed by atoms with van der Waals surface area (Å²) in [4.78, 5) is 38.6. The van der Waals surface area contributed by atoms with Gasteiger partial charge in [-0.2, -0.15) is 5.10 Å². The van der Waals surface area contributed by atoms with Crippen LogP contribution in [0.15, 0.2) is 59.4 Å². The summed E-state index contributed by atoms with van der Waals surface area (Å²) in [6.07, 6.45) is -1.09. The van der Waals surface area contributed by atoms with Gasteiger partial charge in [0.15, 0.2) is 6.10 Å². The molecule has 7 heteroatoms. The molecular weight excluding hydrogens is 358 g/mol. The van der Waals surface area contributed by atoms with Gasteiger partial charge >= 0.3 is 5.97 Å². The fourth-order valence-electron chi connectivity index (χ4n) is 2.98. The Morgan fingerprint density at radius 3 is 2.36 bits per heavy atom. The van der Waals surface area contributed by atoms with Crippen LogP contribution in [-0.4, -0.2) is 34.8 Å². The molecule has 0 fully saturated rings. The number of hydrogen-bond donors (Lipinski definition) is 0. The van der Waals surface area contributed by atoms with E-state index in [1.165, 1.54) is 23.6 Å². The molecule has 0 saturated heterocycles. The Bertz CT molecular complexity index is 1080. The molecule has 1 amide bonds. The second-order valence-corrected chi connectivity index (χ2v) is 6.46. The van der Waals surface area contributed by atoms with E-state index in [2.05, 4.69) is 5.10 Å². The Morgan fingerprint density at radius 1 is 1.07 bits per heavy atom. The van der Waals surface area contributed by atoms with E-state index in [1.807, 2.05) is 18.2 Å². The van der Waals surface area contributed by atoms with Crippen LogP contribution in [0, 0.1) is 0 Å². The van der Waals surface area contributed by atoms with Crippen molar-refractivity contribution in [1.82, 2.24) is 9.78 Å². The predicted molar refractivity (Wildman–Crippen MR) is 106 cm³/mol. The van der Waals surface area contributed by atoms with Crippen LogP contribution in [0.4, 0.5) is 5.69 Å². The fourth-order valence-corrected chi connectivity index (χ4v) is 2.98. The molecule has 1 atom stereocenters. The highest BCUT2D eigenvalue weighted by Gasteiger charge is 2.23. The van der Waals surface area contributed by atoms with E-state index in [-0.39, 0.29) is 17.9 Å². The second-order valence-electron chi connectivity index (χ2n) is 6.46. The number of carbonyl (C=O) groups excluding carboxylic acids is 2. The minimum atomic E-state index is -0.948. The third-order valence-electron chi connectivity index (χ3n) is 4.47. The molecule has 0 unspecified atom stereocenters. The molecule has 0 aliphatic rings. The Labute approximate surface area is 162 Å². The van der Waals surface area contributed by atoms with Crippen molar-refractivity contribution in [2.75, 3.05) is 11.9 Å². The largest absolute Gasteiger partial charge is 0.452 e. The number of nitrogens with zero attached hydrogens (tertiary/aromatic N) is 3. The Morgan fingerprint density at radius 2 is 1.68 bits per heavy atom. The van der Waals surface area contributed by atoms with Gasteiger partial charge in [0.2, 0.25) is 0 Å². The molecule has 1 heterocycles. The normalized spacial score (nSPS) is 11.8. The van der Waals surface area contributed by atoms with Crippen LogP contribution in [0.1, 0.15) is 12.6 Å². The van der Waals surface area contributed by atoms with E-state index in [1.54, 1.807) is 43.4 Å². The van der Waals surface area contributed by atoms with Gasteiger partial charge in [-0.1, -0.05) is 36.4 Å². The van der Waals surface area contributed by atoms with Gasteiger partial charge in [-0.25, -0.2) is 4.68 Å². The first kappa shape index (κ1) is 19.3. The molecule has 0 saturated carbocycles. The Hall–Kier alpha value is -3.48. The molecule has 7 nitrogen and oxygen atoms in total. The SMILES string of the molecule is C[C@H](OC(=O)Cc1nn(C)c(=O)c2ccccc12)C(=O)N(C)c1ccccc1. The van der Waals surface area contributed by atoms with Crippen molar-refractivity contribution in [3.05, 3.63) is 70.6 Å². The highest BCUT2D eigenvalue weighted by atomic mass is 16.5. The third kappa shape index (κ3) is 3.93. The zero-order valence-corrected chi connectivity index (χ0v) is 16.0. The van der Waals surface area contributed by atoms with Gasteiger partial charge in [-0.05, 0) is 25.1 Å². The van der Waals surface area contributed by atoms with Crippen LogP contribution in [0.3, 0.4) is 0 Å². The summed E-state index contributed by atoms with van der Waals surface area (Å²) in [6.45, 7) is 1.53. The number of para-hydroxylation sites is 1. The minimum absolute atomic E-state index is 0.138. The van der Waals surface area contributed by atoms with E-state index >= 15 is 0 Å². The number of aromatic nitrogens is 2. The number of benzene rings is 2. The number of rotatable bonds is 5. The summed E-state index contributed by atoms with van der Waals surface area (Å²) in [6, 6.07) is 16.1. The van der Waals surface area contributed by atoms with Gasteiger partial charge in [0.25, 0.3) is 11.5 Å². The lowest BCUT2D eigenvalue weighted by molar-refractivity contribution is -0.153. The van der Waals surface area contributed by atoms with Crippen molar-refractivity contribution in [2.45, 2.75) is 19.4 Å². The number of hydrogen-bond acceptors (Lipinski definition) is 5. The summed E-state index contributed by atoms with van der Waals surface area (Å²) in [7, 11) is 3.16. The predicted octanol–water partition coefficient (Wildman–Crippen LogP) is 2.07. The van der Waals surface area contributed by atoms with E-state index in [0.717, 1.165) is 0 Å². The number of fused-ring (bicyclic) bond motifs is 1. The highest BCUT2D eigenvalue weighted by Crippen LogP contribution is 2.16. The van der Waals surface area contributed by atoms with Crippen LogP contribution < -0.4 is 10.5 Å². The molecule has 144 valence electrons. The minimum Gasteiger partial charge on any atom is -0.452 e. The highest BCUT2D eigenvalue weighted by molar-refractivity contribution is 5.97. The fraction of sp³-hybridized carbons (Fsp3) is 0.238. The van der Waals surface area contributed by atoms with Crippen LogP contribution in [-0.2, 0) is 27.8 Å². The van der Waals surface area contributed by atoms with E-state index in [9.17, 15) is 14.4 Å². The third-order valence-corrected chi connectivity index (χ3v) is 4.47. The molecule has 0 aliphatic heterocycles. The van der Waals surface area contributed by atoms with Gasteiger partial charge < -0.3 is 9.64 Å². The number of esters is 1. The van der Waals surface area contributed by atoms with Crippen LogP contribution >= 0.6 is 0 Å². The van der Waals surface area contributed by atoms with Crippen LogP contribution in [0.5, 0.6) is 0 Å². The molecule has 0 bridgehead atoms. The number of anilines is 1. The number of carbonyl (C=O) groups is 2. The molecule has 3 aromatic rings. The van der Waals surface area contributed by atoms with Crippen molar-refractivity contribution in [3.63, 3.8) is 0 Å². The Kier molecular flexibility index (Phi) is 5.54. The second kappa shape index (κ2) is 8.04. The van der Waals surface area contributed by atoms with Gasteiger partial charge in [-0.3, -0.25) is 14.4 Å². The van der Waals surface area contributed by atoms with Crippen molar-refractivity contribution >= 4 is 28.3 Å². The van der Waals surface area contributed by atoms with Gasteiger partial charge in [0, 0.05) is 25.2 Å². The maximum atomic E-state index is 12.5. The summed E-state index contributed by atoms with van der Waals surface area (Å²) in [5.41, 5.74) is 0.903.